The quantitative estimate of drug-likeness (QED) is 0.794. The fraction of sp³-hybridized carbons (Fsp3) is 0.600. The van der Waals surface area contributed by atoms with Gasteiger partial charge >= 0.3 is 0 Å². The van der Waals surface area contributed by atoms with Crippen molar-refractivity contribution in [3.05, 3.63) is 29.8 Å². The van der Waals surface area contributed by atoms with E-state index < -0.39 is 6.10 Å². The van der Waals surface area contributed by atoms with Gasteiger partial charge in [0, 0.05) is 25.4 Å². The third-order valence-electron chi connectivity index (χ3n) is 3.63. The SMILES string of the molecule is CN(CC1CCCOC1)CC(O)c1ccc(N)cc1. The predicted molar refractivity (Wildman–Crippen MR) is 76.9 cm³/mol. The highest BCUT2D eigenvalue weighted by Gasteiger charge is 2.18. The van der Waals surface area contributed by atoms with Crippen molar-refractivity contribution >= 4 is 5.69 Å². The van der Waals surface area contributed by atoms with Crippen molar-refractivity contribution in [2.24, 2.45) is 5.92 Å². The number of hydrogen-bond donors (Lipinski definition) is 2. The smallest absolute Gasteiger partial charge is 0.0916 e. The van der Waals surface area contributed by atoms with Crippen LogP contribution in [0.5, 0.6) is 0 Å². The number of nitrogens with zero attached hydrogens (tertiary/aromatic N) is 1. The van der Waals surface area contributed by atoms with Gasteiger partial charge < -0.3 is 20.5 Å². The minimum atomic E-state index is -0.463. The number of aliphatic hydroxyl groups is 1. The Morgan fingerprint density at radius 2 is 2.16 bits per heavy atom. The summed E-state index contributed by atoms with van der Waals surface area (Å²) < 4.78 is 5.48. The molecular weight excluding hydrogens is 240 g/mol. The Labute approximate surface area is 115 Å². The van der Waals surface area contributed by atoms with Crippen LogP contribution in [0.2, 0.25) is 0 Å². The van der Waals surface area contributed by atoms with E-state index in [0.29, 0.717) is 12.5 Å². The average molecular weight is 264 g/mol. The zero-order chi connectivity index (χ0) is 13.7. The summed E-state index contributed by atoms with van der Waals surface area (Å²) >= 11 is 0. The molecule has 1 heterocycles. The number of rotatable bonds is 5. The summed E-state index contributed by atoms with van der Waals surface area (Å²) in [4.78, 5) is 2.18. The molecule has 2 unspecified atom stereocenters. The topological polar surface area (TPSA) is 58.7 Å². The predicted octanol–water partition coefficient (Wildman–Crippen LogP) is 1.66. The molecule has 1 aliphatic heterocycles. The summed E-state index contributed by atoms with van der Waals surface area (Å²) in [5, 5.41) is 10.2. The van der Waals surface area contributed by atoms with Crippen LogP contribution in [0.1, 0.15) is 24.5 Å². The molecule has 4 heteroatoms. The van der Waals surface area contributed by atoms with Crippen LogP contribution in [-0.4, -0.2) is 43.4 Å². The van der Waals surface area contributed by atoms with Crippen LogP contribution in [-0.2, 0) is 4.74 Å². The first-order chi connectivity index (χ1) is 9.15. The number of anilines is 1. The Kier molecular flexibility index (Phi) is 5.19. The highest BCUT2D eigenvalue weighted by atomic mass is 16.5. The van der Waals surface area contributed by atoms with E-state index in [1.807, 2.05) is 24.3 Å². The van der Waals surface area contributed by atoms with E-state index in [4.69, 9.17) is 10.5 Å². The average Bonchev–Trinajstić information content (AvgIpc) is 2.40. The number of benzene rings is 1. The molecule has 1 aliphatic rings. The zero-order valence-corrected chi connectivity index (χ0v) is 11.6. The monoisotopic (exact) mass is 264 g/mol. The fourth-order valence-corrected chi connectivity index (χ4v) is 2.59. The van der Waals surface area contributed by atoms with Crippen molar-refractivity contribution in [3.8, 4) is 0 Å². The van der Waals surface area contributed by atoms with Crippen molar-refractivity contribution in [1.29, 1.82) is 0 Å². The zero-order valence-electron chi connectivity index (χ0n) is 11.6. The molecule has 1 fully saturated rings. The maximum absolute atomic E-state index is 10.2. The van der Waals surface area contributed by atoms with Gasteiger partial charge in [-0.15, -0.1) is 0 Å². The molecule has 0 radical (unpaired) electrons. The Balaban J connectivity index is 1.80. The standard InChI is InChI=1S/C15H24N2O2/c1-17(9-12-3-2-8-19-11-12)10-15(18)13-4-6-14(16)7-5-13/h4-7,12,15,18H,2-3,8-11,16H2,1H3. The Hall–Kier alpha value is -1.10. The van der Waals surface area contributed by atoms with Gasteiger partial charge in [0.05, 0.1) is 12.7 Å². The molecule has 106 valence electrons. The van der Waals surface area contributed by atoms with Gasteiger partial charge in [-0.3, -0.25) is 0 Å². The Bertz CT molecular complexity index is 374. The van der Waals surface area contributed by atoms with Gasteiger partial charge in [0.15, 0.2) is 0 Å². The van der Waals surface area contributed by atoms with E-state index >= 15 is 0 Å². The summed E-state index contributed by atoms with van der Waals surface area (Å²) in [5.74, 6) is 0.595. The molecule has 3 N–H and O–H groups in total. The minimum absolute atomic E-state index is 0.463. The molecule has 0 aromatic heterocycles. The first-order valence-electron chi connectivity index (χ1n) is 6.95. The highest BCUT2D eigenvalue weighted by Crippen LogP contribution is 2.18. The van der Waals surface area contributed by atoms with E-state index in [-0.39, 0.29) is 0 Å². The van der Waals surface area contributed by atoms with Crippen LogP contribution in [0.25, 0.3) is 0 Å². The lowest BCUT2D eigenvalue weighted by Crippen LogP contribution is -2.33. The Morgan fingerprint density at radius 1 is 1.42 bits per heavy atom. The third kappa shape index (κ3) is 4.49. The van der Waals surface area contributed by atoms with Gasteiger partial charge in [0.1, 0.15) is 0 Å². The third-order valence-corrected chi connectivity index (χ3v) is 3.63. The van der Waals surface area contributed by atoms with E-state index in [1.54, 1.807) is 0 Å². The maximum Gasteiger partial charge on any atom is 0.0916 e. The molecule has 1 aromatic carbocycles. The molecule has 0 saturated carbocycles. The summed E-state index contributed by atoms with van der Waals surface area (Å²) in [7, 11) is 2.05. The normalized spacial score (nSPS) is 21.5. The molecule has 0 amide bonds. The lowest BCUT2D eigenvalue weighted by Gasteiger charge is -2.28. The number of aliphatic hydroxyl groups excluding tert-OH is 1. The lowest BCUT2D eigenvalue weighted by atomic mass is 10.0. The number of nitrogen functional groups attached to an aromatic ring is 1. The van der Waals surface area contributed by atoms with Gasteiger partial charge in [-0.1, -0.05) is 12.1 Å². The largest absolute Gasteiger partial charge is 0.399 e. The van der Waals surface area contributed by atoms with Crippen LogP contribution < -0.4 is 5.73 Å². The molecule has 0 aliphatic carbocycles. The maximum atomic E-state index is 10.2. The molecule has 1 aromatic rings. The number of nitrogens with two attached hydrogens (primary N) is 1. The van der Waals surface area contributed by atoms with Crippen LogP contribution in [0, 0.1) is 5.92 Å². The second-order valence-corrected chi connectivity index (χ2v) is 5.49. The second-order valence-electron chi connectivity index (χ2n) is 5.49. The molecular formula is C15H24N2O2. The van der Waals surface area contributed by atoms with Crippen LogP contribution in [0.15, 0.2) is 24.3 Å². The summed E-state index contributed by atoms with van der Waals surface area (Å²) in [6.07, 6.45) is 1.91. The second kappa shape index (κ2) is 6.89. The molecule has 4 nitrogen and oxygen atoms in total. The van der Waals surface area contributed by atoms with Crippen molar-refractivity contribution in [2.75, 3.05) is 39.1 Å². The van der Waals surface area contributed by atoms with E-state index in [0.717, 1.165) is 37.4 Å². The van der Waals surface area contributed by atoms with E-state index in [1.165, 1.54) is 6.42 Å². The van der Waals surface area contributed by atoms with Gasteiger partial charge in [0.25, 0.3) is 0 Å². The van der Waals surface area contributed by atoms with Crippen molar-refractivity contribution < 1.29 is 9.84 Å². The Morgan fingerprint density at radius 3 is 2.79 bits per heavy atom. The first-order valence-corrected chi connectivity index (χ1v) is 6.95. The van der Waals surface area contributed by atoms with E-state index in [2.05, 4.69) is 11.9 Å². The number of likely N-dealkylation sites (N-methyl/N-ethyl adjacent to an activating group) is 1. The summed E-state index contributed by atoms with van der Waals surface area (Å²) in [6, 6.07) is 7.43. The number of ether oxygens (including phenoxy) is 1. The van der Waals surface area contributed by atoms with Gasteiger partial charge in [0.2, 0.25) is 0 Å². The first kappa shape index (κ1) is 14.3. The fourth-order valence-electron chi connectivity index (χ4n) is 2.59. The van der Waals surface area contributed by atoms with Crippen molar-refractivity contribution in [1.82, 2.24) is 4.90 Å². The lowest BCUT2D eigenvalue weighted by molar-refractivity contribution is 0.0342. The molecule has 2 rings (SSSR count). The summed E-state index contributed by atoms with van der Waals surface area (Å²) in [6.45, 7) is 3.36. The van der Waals surface area contributed by atoms with Crippen LogP contribution in [0.4, 0.5) is 5.69 Å². The molecule has 19 heavy (non-hydrogen) atoms. The van der Waals surface area contributed by atoms with E-state index in [9.17, 15) is 5.11 Å². The molecule has 2 atom stereocenters. The van der Waals surface area contributed by atoms with Crippen molar-refractivity contribution in [3.63, 3.8) is 0 Å². The van der Waals surface area contributed by atoms with Gasteiger partial charge in [-0.25, -0.2) is 0 Å². The number of hydrogen-bond acceptors (Lipinski definition) is 4. The van der Waals surface area contributed by atoms with Gasteiger partial charge in [-0.05, 0) is 43.5 Å². The van der Waals surface area contributed by atoms with Crippen LogP contribution in [0.3, 0.4) is 0 Å². The van der Waals surface area contributed by atoms with Gasteiger partial charge in [-0.2, -0.15) is 0 Å². The van der Waals surface area contributed by atoms with Crippen LogP contribution >= 0.6 is 0 Å². The molecule has 0 bridgehead atoms. The van der Waals surface area contributed by atoms with Crippen molar-refractivity contribution in [2.45, 2.75) is 18.9 Å². The highest BCUT2D eigenvalue weighted by molar-refractivity contribution is 5.39. The minimum Gasteiger partial charge on any atom is -0.399 e. The summed E-state index contributed by atoms with van der Waals surface area (Å²) in [5.41, 5.74) is 7.29. The molecule has 1 saturated heterocycles. The molecule has 0 spiro atoms.